The van der Waals surface area contributed by atoms with Gasteiger partial charge in [-0.3, -0.25) is 13.6 Å². The van der Waals surface area contributed by atoms with Gasteiger partial charge in [0.25, 0.3) is 0 Å². The smallest absolute Gasteiger partial charge is 0.287 e. The maximum Gasteiger partial charge on any atom is 0.474 e. The van der Waals surface area contributed by atoms with Crippen molar-refractivity contribution in [1.82, 2.24) is 0 Å². The van der Waals surface area contributed by atoms with Crippen molar-refractivity contribution in [2.45, 2.75) is 31.6 Å². The van der Waals surface area contributed by atoms with Crippen LogP contribution in [0.2, 0.25) is 0 Å². The summed E-state index contributed by atoms with van der Waals surface area (Å²) in [5, 5.41) is 0. The van der Waals surface area contributed by atoms with Gasteiger partial charge in [0, 0.05) is 6.42 Å². The molecule has 0 bridgehead atoms. The SMILES string of the molecule is O=P(OCCC(Cl)Cl)(OCCC(Br)Br)OCCC(Br)Br. The summed E-state index contributed by atoms with van der Waals surface area (Å²) in [6.07, 6.45) is 1.58. The van der Waals surface area contributed by atoms with Gasteiger partial charge in [-0.05, 0) is 12.8 Å². The normalized spacial score (nSPS) is 12.8. The van der Waals surface area contributed by atoms with Crippen LogP contribution in [0.15, 0.2) is 0 Å². The van der Waals surface area contributed by atoms with Crippen LogP contribution in [0.4, 0.5) is 0 Å². The number of halogens is 6. The summed E-state index contributed by atoms with van der Waals surface area (Å²) < 4.78 is 28.2. The third-order valence-corrected chi connectivity index (χ3v) is 5.52. The van der Waals surface area contributed by atoms with Gasteiger partial charge in [0.2, 0.25) is 0 Å². The minimum absolute atomic E-state index is 0.0768. The predicted molar refractivity (Wildman–Crippen MR) is 98.1 cm³/mol. The van der Waals surface area contributed by atoms with E-state index in [-0.39, 0.29) is 27.3 Å². The summed E-state index contributed by atoms with van der Waals surface area (Å²) in [6.45, 7) is 0.568. The molecule has 0 unspecified atom stereocenters. The lowest BCUT2D eigenvalue weighted by Gasteiger charge is -2.18. The summed E-state index contributed by atoms with van der Waals surface area (Å²) >= 11 is 24.4. The van der Waals surface area contributed by atoms with Crippen LogP contribution in [0.25, 0.3) is 0 Å². The molecular weight excluding hydrogens is 594 g/mol. The van der Waals surface area contributed by atoms with Crippen LogP contribution in [0, 0.1) is 0 Å². The molecule has 11 heteroatoms. The first-order valence-electron chi connectivity index (χ1n) is 5.63. The molecule has 0 aliphatic carbocycles. The second-order valence-corrected chi connectivity index (χ2v) is 13.3. The number of hydrogen-bond donors (Lipinski definition) is 0. The fraction of sp³-hybridized carbons (Fsp3) is 1.00. The number of hydrogen-bond acceptors (Lipinski definition) is 4. The Kier molecular flexibility index (Phi) is 14.7. The Bertz CT molecular complexity index is 254. The fourth-order valence-corrected chi connectivity index (χ4v) is 3.01. The number of rotatable bonds is 12. The van der Waals surface area contributed by atoms with Gasteiger partial charge in [-0.15, -0.1) is 23.2 Å². The number of phosphoric acid groups is 1. The zero-order valence-corrected chi connectivity index (χ0v) is 19.1. The van der Waals surface area contributed by atoms with Gasteiger partial charge in [0.1, 0.15) is 4.84 Å². The van der Waals surface area contributed by atoms with Crippen LogP contribution in [-0.2, 0) is 18.1 Å². The lowest BCUT2D eigenvalue weighted by atomic mass is 10.5. The molecule has 0 rings (SSSR count). The van der Waals surface area contributed by atoms with Crippen LogP contribution in [0.1, 0.15) is 19.3 Å². The van der Waals surface area contributed by atoms with Crippen molar-refractivity contribution < 1.29 is 18.1 Å². The molecule has 0 aromatic carbocycles. The van der Waals surface area contributed by atoms with Crippen LogP contribution < -0.4 is 0 Å². The third kappa shape index (κ3) is 14.2. The molecule has 0 fully saturated rings. The van der Waals surface area contributed by atoms with Gasteiger partial charge in [-0.25, -0.2) is 4.57 Å². The molecule has 122 valence electrons. The molecule has 20 heavy (non-hydrogen) atoms. The molecule has 0 aliphatic rings. The molecule has 0 amide bonds. The van der Waals surface area contributed by atoms with Crippen molar-refractivity contribution in [1.29, 1.82) is 0 Å². The van der Waals surface area contributed by atoms with E-state index in [1.807, 2.05) is 0 Å². The molecule has 0 heterocycles. The molecule has 0 aromatic heterocycles. The summed E-state index contributed by atoms with van der Waals surface area (Å²) in [5.74, 6) is 0. The van der Waals surface area contributed by atoms with E-state index in [0.717, 1.165) is 0 Å². The standard InChI is InChI=1S/C9H15Br4Cl2O4P/c10-7(11)1-4-17-20(16,18-5-2-8(12)13)19-6-3-9(14)15/h7-9H,1-6H2. The molecule has 4 nitrogen and oxygen atoms in total. The predicted octanol–water partition coefficient (Wildman–Crippen LogP) is 6.35. The summed E-state index contributed by atoms with van der Waals surface area (Å²) in [4.78, 5) is -0.577. The second-order valence-electron chi connectivity index (χ2n) is 3.49. The molecule has 0 aliphatic heterocycles. The van der Waals surface area contributed by atoms with Crippen molar-refractivity contribution in [3.05, 3.63) is 0 Å². The lowest BCUT2D eigenvalue weighted by molar-refractivity contribution is 0.113. The molecule has 0 saturated carbocycles. The Morgan fingerprint density at radius 2 is 1.15 bits per heavy atom. The topological polar surface area (TPSA) is 44.8 Å². The first-order valence-corrected chi connectivity index (χ1v) is 11.6. The quantitative estimate of drug-likeness (QED) is 0.191. The molecule has 0 aromatic rings. The molecular formula is C9H15Br4Cl2O4P. The van der Waals surface area contributed by atoms with Crippen LogP contribution in [-0.4, -0.2) is 32.1 Å². The zero-order chi connectivity index (χ0) is 15.6. The average Bonchev–Trinajstić information content (AvgIpc) is 2.27. The summed E-state index contributed by atoms with van der Waals surface area (Å²) in [7, 11) is -3.59. The molecule has 0 radical (unpaired) electrons. The summed E-state index contributed by atoms with van der Waals surface area (Å²) in [5.41, 5.74) is 0. The van der Waals surface area contributed by atoms with E-state index in [1.165, 1.54) is 0 Å². The van der Waals surface area contributed by atoms with Crippen molar-refractivity contribution in [2.24, 2.45) is 0 Å². The Morgan fingerprint density at radius 1 is 0.800 bits per heavy atom. The van der Waals surface area contributed by atoms with E-state index in [0.29, 0.717) is 19.3 Å². The van der Waals surface area contributed by atoms with Gasteiger partial charge in [0.05, 0.1) is 27.3 Å². The highest BCUT2D eigenvalue weighted by Crippen LogP contribution is 2.50. The largest absolute Gasteiger partial charge is 0.474 e. The maximum absolute atomic E-state index is 12.3. The number of alkyl halides is 6. The van der Waals surface area contributed by atoms with E-state index >= 15 is 0 Å². The minimum atomic E-state index is -3.59. The monoisotopic (exact) mass is 604 g/mol. The van der Waals surface area contributed by atoms with Gasteiger partial charge < -0.3 is 0 Å². The van der Waals surface area contributed by atoms with Crippen molar-refractivity contribution in [3.63, 3.8) is 0 Å². The van der Waals surface area contributed by atoms with Crippen LogP contribution in [0.5, 0.6) is 0 Å². The molecule has 0 atom stereocenters. The second kappa shape index (κ2) is 13.0. The summed E-state index contributed by atoms with van der Waals surface area (Å²) in [6, 6.07) is 0. The van der Waals surface area contributed by atoms with E-state index < -0.39 is 12.7 Å². The Balaban J connectivity index is 4.23. The van der Waals surface area contributed by atoms with Gasteiger partial charge in [-0.2, -0.15) is 0 Å². The highest BCUT2D eigenvalue weighted by atomic mass is 79.9. The van der Waals surface area contributed by atoms with Crippen molar-refractivity contribution in [3.8, 4) is 0 Å². The molecule has 0 spiro atoms. The van der Waals surface area contributed by atoms with E-state index in [4.69, 9.17) is 36.8 Å². The van der Waals surface area contributed by atoms with Crippen molar-refractivity contribution in [2.75, 3.05) is 19.8 Å². The molecule has 0 N–H and O–H groups in total. The first-order chi connectivity index (χ1) is 9.25. The highest BCUT2D eigenvalue weighted by molar-refractivity contribution is 9.25. The van der Waals surface area contributed by atoms with Crippen LogP contribution in [0.3, 0.4) is 0 Å². The minimum Gasteiger partial charge on any atom is -0.287 e. The van der Waals surface area contributed by atoms with E-state index in [2.05, 4.69) is 63.7 Å². The average molecular weight is 609 g/mol. The fourth-order valence-electron chi connectivity index (χ4n) is 0.873. The van der Waals surface area contributed by atoms with Crippen molar-refractivity contribution >= 4 is 94.7 Å². The van der Waals surface area contributed by atoms with E-state index in [9.17, 15) is 4.57 Å². The highest BCUT2D eigenvalue weighted by Gasteiger charge is 2.27. The van der Waals surface area contributed by atoms with Gasteiger partial charge in [-0.1, -0.05) is 63.7 Å². The Hall–Kier alpha value is 2.61. The third-order valence-electron chi connectivity index (χ3n) is 1.76. The Labute approximate surface area is 163 Å². The van der Waals surface area contributed by atoms with Crippen LogP contribution >= 0.6 is 94.7 Å². The van der Waals surface area contributed by atoms with Gasteiger partial charge in [0.15, 0.2) is 0 Å². The zero-order valence-electron chi connectivity index (χ0n) is 10.3. The van der Waals surface area contributed by atoms with E-state index in [1.54, 1.807) is 0 Å². The number of phosphoric ester groups is 1. The molecule has 0 saturated heterocycles. The lowest BCUT2D eigenvalue weighted by Crippen LogP contribution is -2.07. The Morgan fingerprint density at radius 3 is 1.45 bits per heavy atom. The van der Waals surface area contributed by atoms with Gasteiger partial charge >= 0.3 is 7.82 Å². The maximum atomic E-state index is 12.3. The first kappa shape index (κ1) is 22.6.